The summed E-state index contributed by atoms with van der Waals surface area (Å²) in [7, 11) is -3.02. The molecular weight excluding hydrogens is 407 g/mol. The molecule has 0 aliphatic carbocycles. The number of aliphatic imine (C=N–C) groups is 1. The van der Waals surface area contributed by atoms with Crippen molar-refractivity contribution >= 4 is 40.0 Å². The van der Waals surface area contributed by atoms with E-state index >= 15 is 0 Å². The van der Waals surface area contributed by atoms with E-state index in [9.17, 15) is 8.42 Å². The Morgan fingerprint density at radius 1 is 1.33 bits per heavy atom. The second-order valence-corrected chi connectivity index (χ2v) is 6.54. The van der Waals surface area contributed by atoms with Crippen LogP contribution in [0.1, 0.15) is 20.3 Å². The summed E-state index contributed by atoms with van der Waals surface area (Å²) in [4.78, 5) is 4.37. The Labute approximate surface area is 145 Å². The van der Waals surface area contributed by atoms with Crippen LogP contribution < -0.4 is 10.6 Å². The third-order valence-electron chi connectivity index (χ3n) is 2.91. The topological polar surface area (TPSA) is 83.0 Å². The molecular formula is C12H27IN4O3S. The van der Waals surface area contributed by atoms with Gasteiger partial charge in [0.25, 0.3) is 0 Å². The summed E-state index contributed by atoms with van der Waals surface area (Å²) in [5.41, 5.74) is 0. The molecule has 126 valence electrons. The molecule has 7 nitrogen and oxygen atoms in total. The van der Waals surface area contributed by atoms with Gasteiger partial charge in [-0.1, -0.05) is 0 Å². The van der Waals surface area contributed by atoms with Gasteiger partial charge < -0.3 is 15.4 Å². The summed E-state index contributed by atoms with van der Waals surface area (Å²) in [6.07, 6.45) is 0.721. The normalized spacial score (nSPS) is 18.3. The van der Waals surface area contributed by atoms with Gasteiger partial charge in [0.1, 0.15) is 0 Å². The van der Waals surface area contributed by atoms with E-state index < -0.39 is 10.0 Å². The minimum Gasteiger partial charge on any atom is -0.380 e. The zero-order chi connectivity index (χ0) is 14.8. The standard InChI is InChI=1S/C12H26N4O3S.HI/c1-3-13-12(15-7-10-19-4-2)14-6-9-16-8-5-11-20(16,17)18;/h3-11H2,1-2H3,(H2,13,14,15);1H. The Kier molecular flexibility index (Phi) is 11.4. The van der Waals surface area contributed by atoms with Crippen molar-refractivity contribution in [1.29, 1.82) is 0 Å². The summed E-state index contributed by atoms with van der Waals surface area (Å²) >= 11 is 0. The third-order valence-corrected chi connectivity index (χ3v) is 4.87. The second-order valence-electron chi connectivity index (χ2n) is 4.45. The van der Waals surface area contributed by atoms with Crippen LogP contribution in [0.3, 0.4) is 0 Å². The van der Waals surface area contributed by atoms with Crippen LogP contribution in [0.5, 0.6) is 0 Å². The molecule has 0 aromatic carbocycles. The molecule has 2 N–H and O–H groups in total. The molecule has 9 heteroatoms. The van der Waals surface area contributed by atoms with Crippen molar-refractivity contribution in [3.63, 3.8) is 0 Å². The van der Waals surface area contributed by atoms with Crippen LogP contribution in [0, 0.1) is 0 Å². The number of nitrogens with one attached hydrogen (secondary N) is 2. The fraction of sp³-hybridized carbons (Fsp3) is 0.917. The summed E-state index contributed by atoms with van der Waals surface area (Å²) in [5, 5.41) is 6.27. The zero-order valence-electron chi connectivity index (χ0n) is 12.8. The van der Waals surface area contributed by atoms with E-state index in [4.69, 9.17) is 4.74 Å². The number of nitrogens with zero attached hydrogens (tertiary/aromatic N) is 2. The minimum absolute atomic E-state index is 0. The molecule has 21 heavy (non-hydrogen) atoms. The van der Waals surface area contributed by atoms with Crippen LogP contribution in [0.2, 0.25) is 0 Å². The third kappa shape index (κ3) is 8.17. The molecule has 1 aliphatic heterocycles. The van der Waals surface area contributed by atoms with Crippen molar-refractivity contribution in [2.45, 2.75) is 20.3 Å². The molecule has 0 atom stereocenters. The molecule has 1 aliphatic rings. The predicted octanol–water partition coefficient (Wildman–Crippen LogP) is 0.232. The number of rotatable bonds is 8. The first-order valence-electron chi connectivity index (χ1n) is 7.18. The predicted molar refractivity (Wildman–Crippen MR) is 95.9 cm³/mol. The molecule has 1 heterocycles. The van der Waals surface area contributed by atoms with Crippen molar-refractivity contribution in [2.24, 2.45) is 4.99 Å². The van der Waals surface area contributed by atoms with Gasteiger partial charge in [0.05, 0.1) is 18.9 Å². The molecule has 0 aromatic heterocycles. The molecule has 1 saturated heterocycles. The first-order chi connectivity index (χ1) is 9.60. The minimum atomic E-state index is -3.02. The quantitative estimate of drug-likeness (QED) is 0.248. The van der Waals surface area contributed by atoms with E-state index in [0.717, 1.165) is 13.0 Å². The lowest BCUT2D eigenvalue weighted by Gasteiger charge is -2.14. The number of sulfonamides is 1. The average molecular weight is 434 g/mol. The Morgan fingerprint density at radius 2 is 2.10 bits per heavy atom. The lowest BCUT2D eigenvalue weighted by Crippen LogP contribution is -2.39. The van der Waals surface area contributed by atoms with Gasteiger partial charge in [0, 0.05) is 32.8 Å². The summed E-state index contributed by atoms with van der Waals surface area (Å²) < 4.78 is 30.0. The van der Waals surface area contributed by atoms with Gasteiger partial charge in [-0.15, -0.1) is 24.0 Å². The molecule has 0 unspecified atom stereocenters. The first-order valence-corrected chi connectivity index (χ1v) is 8.78. The van der Waals surface area contributed by atoms with Gasteiger partial charge >= 0.3 is 0 Å². The summed E-state index contributed by atoms with van der Waals surface area (Å²) in [5.74, 6) is 0.965. The highest BCUT2D eigenvalue weighted by Gasteiger charge is 2.27. The SMILES string of the molecule is CCNC(=NCCN1CCCS1(=O)=O)NCCOCC.I. The Morgan fingerprint density at radius 3 is 2.67 bits per heavy atom. The number of ether oxygens (including phenoxy) is 1. The van der Waals surface area contributed by atoms with E-state index in [1.165, 1.54) is 4.31 Å². The zero-order valence-corrected chi connectivity index (χ0v) is 15.9. The largest absolute Gasteiger partial charge is 0.380 e. The van der Waals surface area contributed by atoms with E-state index in [1.807, 2.05) is 13.8 Å². The Balaban J connectivity index is 0.00000400. The molecule has 0 amide bonds. The van der Waals surface area contributed by atoms with E-state index in [0.29, 0.717) is 45.4 Å². The fourth-order valence-electron chi connectivity index (χ4n) is 1.94. The van der Waals surface area contributed by atoms with E-state index in [1.54, 1.807) is 0 Å². The van der Waals surface area contributed by atoms with Crippen LogP contribution >= 0.6 is 24.0 Å². The van der Waals surface area contributed by atoms with Crippen LogP contribution in [-0.4, -0.2) is 70.4 Å². The van der Waals surface area contributed by atoms with Crippen molar-refractivity contribution in [3.05, 3.63) is 0 Å². The van der Waals surface area contributed by atoms with Crippen LogP contribution in [0.4, 0.5) is 0 Å². The van der Waals surface area contributed by atoms with Crippen LogP contribution in [0.25, 0.3) is 0 Å². The molecule has 0 aromatic rings. The number of guanidine groups is 1. The number of halogens is 1. The highest BCUT2D eigenvalue weighted by atomic mass is 127. The van der Waals surface area contributed by atoms with Crippen molar-refractivity contribution < 1.29 is 13.2 Å². The van der Waals surface area contributed by atoms with Crippen molar-refractivity contribution in [1.82, 2.24) is 14.9 Å². The highest BCUT2D eigenvalue weighted by molar-refractivity contribution is 14.0. The smallest absolute Gasteiger partial charge is 0.214 e. The average Bonchev–Trinajstić information content (AvgIpc) is 2.74. The monoisotopic (exact) mass is 434 g/mol. The van der Waals surface area contributed by atoms with E-state index in [-0.39, 0.29) is 29.7 Å². The molecule has 0 spiro atoms. The van der Waals surface area contributed by atoms with E-state index in [2.05, 4.69) is 15.6 Å². The van der Waals surface area contributed by atoms with Gasteiger partial charge in [0.2, 0.25) is 10.0 Å². The first kappa shape index (κ1) is 20.9. The molecule has 0 bridgehead atoms. The van der Waals surface area contributed by atoms with Gasteiger partial charge in [-0.3, -0.25) is 4.99 Å². The lowest BCUT2D eigenvalue weighted by atomic mass is 10.5. The van der Waals surface area contributed by atoms with Gasteiger partial charge in [-0.2, -0.15) is 0 Å². The molecule has 1 rings (SSSR count). The van der Waals surface area contributed by atoms with Crippen LogP contribution in [-0.2, 0) is 14.8 Å². The van der Waals surface area contributed by atoms with Crippen molar-refractivity contribution in [3.8, 4) is 0 Å². The van der Waals surface area contributed by atoms with Gasteiger partial charge in [0.15, 0.2) is 5.96 Å². The molecule has 0 radical (unpaired) electrons. The summed E-state index contributed by atoms with van der Waals surface area (Å²) in [6, 6.07) is 0. The second kappa shape index (κ2) is 11.4. The molecule has 0 saturated carbocycles. The Hall–Kier alpha value is -0.130. The maximum atomic E-state index is 11.6. The highest BCUT2D eigenvalue weighted by Crippen LogP contribution is 2.12. The lowest BCUT2D eigenvalue weighted by molar-refractivity contribution is 0.152. The van der Waals surface area contributed by atoms with Crippen LogP contribution in [0.15, 0.2) is 4.99 Å². The van der Waals surface area contributed by atoms with Crippen molar-refractivity contribution in [2.75, 3.05) is 51.7 Å². The Bertz CT molecular complexity index is 403. The number of hydrogen-bond acceptors (Lipinski definition) is 4. The van der Waals surface area contributed by atoms with Gasteiger partial charge in [-0.25, -0.2) is 12.7 Å². The maximum absolute atomic E-state index is 11.6. The summed E-state index contributed by atoms with van der Waals surface area (Å²) in [6.45, 7) is 8.24. The van der Waals surface area contributed by atoms with Gasteiger partial charge in [-0.05, 0) is 20.3 Å². The molecule has 1 fully saturated rings. The number of hydrogen-bond donors (Lipinski definition) is 2. The maximum Gasteiger partial charge on any atom is 0.214 e. The fourth-order valence-corrected chi connectivity index (χ4v) is 3.46.